The number of hydrogen-bond acceptors (Lipinski definition) is 1. The molecule has 0 saturated heterocycles. The highest BCUT2D eigenvalue weighted by Gasteiger charge is 2.18. The fraction of sp³-hybridized carbons (Fsp3) is 0.471. The molecular weight excluding hydrogens is 218 g/mol. The van der Waals surface area contributed by atoms with Gasteiger partial charge in [0.25, 0.3) is 0 Å². The lowest BCUT2D eigenvalue weighted by molar-refractivity contribution is 0.589. The van der Waals surface area contributed by atoms with Crippen molar-refractivity contribution in [1.82, 2.24) is 4.98 Å². The molecule has 0 atom stereocenters. The Labute approximate surface area is 110 Å². The van der Waals surface area contributed by atoms with Crippen LogP contribution in [0, 0.1) is 5.92 Å². The van der Waals surface area contributed by atoms with Gasteiger partial charge in [-0.25, -0.2) is 0 Å². The molecule has 0 N–H and O–H groups in total. The third-order valence-electron chi connectivity index (χ3n) is 3.19. The van der Waals surface area contributed by atoms with E-state index in [4.69, 9.17) is 4.98 Å². The van der Waals surface area contributed by atoms with Gasteiger partial charge >= 0.3 is 0 Å². The van der Waals surface area contributed by atoms with Crippen molar-refractivity contribution in [3.63, 3.8) is 0 Å². The Morgan fingerprint density at radius 2 is 1.78 bits per heavy atom. The minimum absolute atomic E-state index is 0.161. The average molecular weight is 241 g/mol. The molecule has 1 nitrogen and oxygen atoms in total. The van der Waals surface area contributed by atoms with Crippen molar-refractivity contribution in [2.75, 3.05) is 0 Å². The highest BCUT2D eigenvalue weighted by Crippen LogP contribution is 2.30. The number of para-hydroxylation sites is 1. The summed E-state index contributed by atoms with van der Waals surface area (Å²) < 4.78 is 0. The van der Waals surface area contributed by atoms with Gasteiger partial charge in [0.05, 0.1) is 5.52 Å². The highest BCUT2D eigenvalue weighted by atomic mass is 14.7. The Balaban J connectivity index is 2.65. The minimum Gasteiger partial charge on any atom is -0.253 e. The van der Waals surface area contributed by atoms with Gasteiger partial charge < -0.3 is 0 Å². The predicted molar refractivity (Wildman–Crippen MR) is 79.0 cm³/mol. The SMILES string of the molecule is CC(C)Cc1cc(C(C)(C)C)c2ccccc2n1. The first-order valence-electron chi connectivity index (χ1n) is 6.77. The van der Waals surface area contributed by atoms with Gasteiger partial charge in [0, 0.05) is 11.1 Å². The van der Waals surface area contributed by atoms with Crippen LogP contribution in [0.1, 0.15) is 45.9 Å². The van der Waals surface area contributed by atoms with Gasteiger partial charge in [0.15, 0.2) is 0 Å². The molecule has 18 heavy (non-hydrogen) atoms. The molecule has 0 spiro atoms. The summed E-state index contributed by atoms with van der Waals surface area (Å²) in [6, 6.07) is 10.8. The molecule has 2 rings (SSSR count). The zero-order valence-corrected chi connectivity index (χ0v) is 12.1. The Morgan fingerprint density at radius 3 is 2.39 bits per heavy atom. The number of rotatable bonds is 2. The van der Waals surface area contributed by atoms with Crippen LogP contribution in [-0.2, 0) is 11.8 Å². The standard InChI is InChI=1S/C17H23N/c1-12(2)10-13-11-15(17(3,4)5)14-8-6-7-9-16(14)18-13/h6-9,11-12H,10H2,1-5H3. The van der Waals surface area contributed by atoms with E-state index in [1.165, 1.54) is 16.6 Å². The molecule has 0 amide bonds. The maximum Gasteiger partial charge on any atom is 0.0708 e. The van der Waals surface area contributed by atoms with E-state index in [1.807, 2.05) is 0 Å². The van der Waals surface area contributed by atoms with Crippen LogP contribution < -0.4 is 0 Å². The zero-order chi connectivity index (χ0) is 13.3. The summed E-state index contributed by atoms with van der Waals surface area (Å²) >= 11 is 0. The van der Waals surface area contributed by atoms with E-state index in [-0.39, 0.29) is 5.41 Å². The summed E-state index contributed by atoms with van der Waals surface area (Å²) in [4.78, 5) is 4.79. The summed E-state index contributed by atoms with van der Waals surface area (Å²) in [5.74, 6) is 0.645. The Bertz CT molecular complexity index is 547. The lowest BCUT2D eigenvalue weighted by atomic mass is 9.84. The van der Waals surface area contributed by atoms with E-state index in [2.05, 4.69) is 65.0 Å². The molecule has 96 valence electrons. The summed E-state index contributed by atoms with van der Waals surface area (Å²) in [7, 11) is 0. The fourth-order valence-corrected chi connectivity index (χ4v) is 2.37. The van der Waals surface area contributed by atoms with Crippen molar-refractivity contribution in [3.05, 3.63) is 41.6 Å². The number of aromatic nitrogens is 1. The topological polar surface area (TPSA) is 12.9 Å². The van der Waals surface area contributed by atoms with Crippen molar-refractivity contribution in [1.29, 1.82) is 0 Å². The van der Waals surface area contributed by atoms with Crippen molar-refractivity contribution in [3.8, 4) is 0 Å². The smallest absolute Gasteiger partial charge is 0.0708 e. The lowest BCUT2D eigenvalue weighted by Gasteiger charge is -2.22. The maximum atomic E-state index is 4.79. The molecule has 0 saturated carbocycles. The highest BCUT2D eigenvalue weighted by molar-refractivity contribution is 5.83. The first-order chi connectivity index (χ1) is 8.38. The van der Waals surface area contributed by atoms with Gasteiger partial charge in [-0.2, -0.15) is 0 Å². The van der Waals surface area contributed by atoms with Gasteiger partial charge in [0.1, 0.15) is 0 Å². The Kier molecular flexibility index (Phi) is 3.43. The van der Waals surface area contributed by atoms with Gasteiger partial charge in [0.2, 0.25) is 0 Å². The van der Waals surface area contributed by atoms with Gasteiger partial charge in [-0.05, 0) is 35.4 Å². The average Bonchev–Trinajstić information content (AvgIpc) is 2.25. The third-order valence-corrected chi connectivity index (χ3v) is 3.19. The number of hydrogen-bond donors (Lipinski definition) is 0. The van der Waals surface area contributed by atoms with E-state index in [0.717, 1.165) is 11.9 Å². The summed E-state index contributed by atoms with van der Waals surface area (Å²) in [5, 5.41) is 1.29. The van der Waals surface area contributed by atoms with E-state index < -0.39 is 0 Å². The molecule has 0 unspecified atom stereocenters. The summed E-state index contributed by atoms with van der Waals surface area (Å²) in [6.45, 7) is 11.3. The molecule has 1 aromatic heterocycles. The monoisotopic (exact) mass is 241 g/mol. The number of nitrogens with zero attached hydrogens (tertiary/aromatic N) is 1. The second kappa shape index (κ2) is 4.72. The van der Waals surface area contributed by atoms with Gasteiger partial charge in [-0.15, -0.1) is 0 Å². The van der Waals surface area contributed by atoms with Crippen molar-refractivity contribution in [2.45, 2.75) is 46.5 Å². The molecule has 0 aliphatic rings. The first kappa shape index (κ1) is 13.1. The second-order valence-electron chi connectivity index (χ2n) is 6.53. The lowest BCUT2D eigenvalue weighted by Crippen LogP contribution is -2.13. The molecule has 0 bridgehead atoms. The molecule has 1 heterocycles. The molecular formula is C17H23N. The maximum absolute atomic E-state index is 4.79. The fourth-order valence-electron chi connectivity index (χ4n) is 2.37. The van der Waals surface area contributed by atoms with E-state index in [1.54, 1.807) is 0 Å². The molecule has 0 aliphatic heterocycles. The van der Waals surface area contributed by atoms with Crippen LogP contribution in [0.25, 0.3) is 10.9 Å². The first-order valence-corrected chi connectivity index (χ1v) is 6.77. The normalized spacial score (nSPS) is 12.3. The number of benzene rings is 1. The van der Waals surface area contributed by atoms with Gasteiger partial charge in [-0.3, -0.25) is 4.98 Å². The van der Waals surface area contributed by atoms with Gasteiger partial charge in [-0.1, -0.05) is 52.8 Å². The minimum atomic E-state index is 0.161. The molecule has 0 aliphatic carbocycles. The third kappa shape index (κ3) is 2.72. The van der Waals surface area contributed by atoms with Crippen molar-refractivity contribution in [2.24, 2.45) is 5.92 Å². The molecule has 0 fully saturated rings. The molecule has 1 aromatic carbocycles. The van der Waals surface area contributed by atoms with Crippen molar-refractivity contribution < 1.29 is 0 Å². The molecule has 0 radical (unpaired) electrons. The summed E-state index contributed by atoms with van der Waals surface area (Å²) in [5.41, 5.74) is 3.91. The van der Waals surface area contributed by atoms with Crippen LogP contribution in [0.2, 0.25) is 0 Å². The summed E-state index contributed by atoms with van der Waals surface area (Å²) in [6.07, 6.45) is 1.05. The van der Waals surface area contributed by atoms with Crippen LogP contribution in [-0.4, -0.2) is 4.98 Å². The van der Waals surface area contributed by atoms with Crippen LogP contribution >= 0.6 is 0 Å². The van der Waals surface area contributed by atoms with Crippen molar-refractivity contribution >= 4 is 10.9 Å². The van der Waals surface area contributed by atoms with Crippen LogP contribution in [0.15, 0.2) is 30.3 Å². The Morgan fingerprint density at radius 1 is 1.11 bits per heavy atom. The quantitative estimate of drug-likeness (QED) is 0.740. The zero-order valence-electron chi connectivity index (χ0n) is 12.1. The van der Waals surface area contributed by atoms with Crippen LogP contribution in [0.5, 0.6) is 0 Å². The van der Waals surface area contributed by atoms with E-state index in [0.29, 0.717) is 5.92 Å². The van der Waals surface area contributed by atoms with Crippen LogP contribution in [0.4, 0.5) is 0 Å². The van der Waals surface area contributed by atoms with Crippen LogP contribution in [0.3, 0.4) is 0 Å². The number of pyridine rings is 1. The van der Waals surface area contributed by atoms with E-state index in [9.17, 15) is 0 Å². The molecule has 1 heteroatoms. The largest absolute Gasteiger partial charge is 0.253 e. The van der Waals surface area contributed by atoms with E-state index >= 15 is 0 Å². The number of fused-ring (bicyclic) bond motifs is 1. The second-order valence-corrected chi connectivity index (χ2v) is 6.53. The predicted octanol–water partition coefficient (Wildman–Crippen LogP) is 4.73. The Hall–Kier alpha value is -1.37. The molecule has 2 aromatic rings.